The van der Waals surface area contributed by atoms with Gasteiger partial charge in [-0.05, 0) is 63.4 Å². The van der Waals surface area contributed by atoms with Crippen LogP contribution in [0.15, 0.2) is 126 Å². The third-order valence-electron chi connectivity index (χ3n) is 8.13. The zero-order valence-corrected chi connectivity index (χ0v) is 22.9. The van der Waals surface area contributed by atoms with Gasteiger partial charge in [0.2, 0.25) is 0 Å². The van der Waals surface area contributed by atoms with E-state index in [4.69, 9.17) is 31.0 Å². The average molecular weight is 558 g/mol. The summed E-state index contributed by atoms with van der Waals surface area (Å²) in [5.74, 6) is 1.79. The van der Waals surface area contributed by atoms with Crippen molar-refractivity contribution in [2.45, 2.75) is 0 Å². The van der Waals surface area contributed by atoms with Crippen molar-refractivity contribution >= 4 is 44.3 Å². The molecule has 0 bridgehead atoms. The summed E-state index contributed by atoms with van der Waals surface area (Å²) < 4.78 is 6.19. The van der Waals surface area contributed by atoms with Crippen LogP contribution >= 0.6 is 11.6 Å². The monoisotopic (exact) mass is 557 g/mol. The molecule has 0 N–H and O–H groups in total. The van der Waals surface area contributed by atoms with Crippen LogP contribution in [-0.2, 0) is 0 Å². The minimum Gasteiger partial charge on any atom is -0.454 e. The van der Waals surface area contributed by atoms with E-state index in [1.54, 1.807) is 0 Å². The highest BCUT2D eigenvalue weighted by molar-refractivity contribution is 6.36. The smallest absolute Gasteiger partial charge is 0.164 e. The van der Waals surface area contributed by atoms with Crippen molar-refractivity contribution in [3.05, 3.63) is 126 Å². The molecular weight excluding hydrogens is 538 g/mol. The van der Waals surface area contributed by atoms with Gasteiger partial charge in [-0.3, -0.25) is 0 Å². The third kappa shape index (κ3) is 3.39. The molecule has 0 saturated carbocycles. The van der Waals surface area contributed by atoms with Gasteiger partial charge in [0.15, 0.2) is 23.1 Å². The number of halogens is 1. The Hall–Kier alpha value is -5.32. The fourth-order valence-electron chi connectivity index (χ4n) is 6.27. The highest BCUT2D eigenvalue weighted by Crippen LogP contribution is 2.48. The Morgan fingerprint density at radius 3 is 2.02 bits per heavy atom. The second-order valence-corrected chi connectivity index (χ2v) is 10.9. The lowest BCUT2D eigenvalue weighted by atomic mass is 9.99. The first-order valence-corrected chi connectivity index (χ1v) is 14.2. The number of furan rings is 1. The minimum atomic E-state index is 0.551. The molecule has 2 aromatic heterocycles. The first-order valence-electron chi connectivity index (χ1n) is 13.8. The first kappa shape index (κ1) is 23.4. The molecule has 9 rings (SSSR count). The van der Waals surface area contributed by atoms with E-state index in [0.29, 0.717) is 28.1 Å². The maximum Gasteiger partial charge on any atom is 0.164 e. The Labute approximate surface area is 245 Å². The fraction of sp³-hybridized carbons (Fsp3) is 0. The molecule has 0 amide bonds. The molecule has 42 heavy (non-hydrogen) atoms. The molecule has 6 aromatic carbocycles. The van der Waals surface area contributed by atoms with Crippen LogP contribution in [0.25, 0.3) is 89.1 Å². The summed E-state index contributed by atoms with van der Waals surface area (Å²) in [4.78, 5) is 15.2. The molecule has 0 atom stereocenters. The van der Waals surface area contributed by atoms with Crippen molar-refractivity contribution in [1.29, 1.82) is 0 Å². The van der Waals surface area contributed by atoms with Crippen LogP contribution in [0.1, 0.15) is 0 Å². The first-order chi connectivity index (χ1) is 20.7. The highest BCUT2D eigenvalue weighted by atomic mass is 35.5. The van der Waals surface area contributed by atoms with Gasteiger partial charge < -0.3 is 4.42 Å². The molecule has 1 aliphatic rings. The summed E-state index contributed by atoms with van der Waals surface area (Å²) in [6.07, 6.45) is 0. The maximum atomic E-state index is 6.63. The lowest BCUT2D eigenvalue weighted by Gasteiger charge is -2.11. The van der Waals surface area contributed by atoms with Gasteiger partial charge in [0, 0.05) is 27.5 Å². The van der Waals surface area contributed by atoms with Gasteiger partial charge in [-0.2, -0.15) is 0 Å². The molecule has 0 spiro atoms. The number of para-hydroxylation sites is 1. The van der Waals surface area contributed by atoms with Crippen molar-refractivity contribution in [3.8, 4) is 56.4 Å². The summed E-state index contributed by atoms with van der Waals surface area (Å²) >= 11 is 6.63. The topological polar surface area (TPSA) is 51.8 Å². The van der Waals surface area contributed by atoms with E-state index in [2.05, 4.69) is 54.6 Å². The van der Waals surface area contributed by atoms with Crippen LogP contribution in [0.2, 0.25) is 5.02 Å². The lowest BCUT2D eigenvalue weighted by Crippen LogP contribution is -2.00. The summed E-state index contributed by atoms with van der Waals surface area (Å²) in [6.45, 7) is 0. The standard InChI is InChI=1S/C37H20ClN3O/c38-30-18-17-28(33-27-14-6-7-16-31(27)42-34(30)33)37-40-35(21-9-2-1-3-10-21)39-36(41-37)23-19-22-11-8-15-26-24-12-4-5-13-25(24)29(20-23)32(22)26/h1-20H. The van der Waals surface area contributed by atoms with E-state index in [1.807, 2.05) is 66.7 Å². The number of benzene rings is 6. The van der Waals surface area contributed by atoms with Gasteiger partial charge in [0.25, 0.3) is 0 Å². The molecule has 196 valence electrons. The van der Waals surface area contributed by atoms with Crippen molar-refractivity contribution < 1.29 is 4.42 Å². The quantitative estimate of drug-likeness (QED) is 0.217. The van der Waals surface area contributed by atoms with Crippen LogP contribution in [0.4, 0.5) is 0 Å². The second kappa shape index (κ2) is 8.84. The van der Waals surface area contributed by atoms with Crippen LogP contribution in [0.3, 0.4) is 0 Å². The lowest BCUT2D eigenvalue weighted by molar-refractivity contribution is 0.669. The number of hydrogen-bond acceptors (Lipinski definition) is 4. The summed E-state index contributed by atoms with van der Waals surface area (Å²) in [5, 5.41) is 4.84. The number of rotatable bonds is 3. The molecule has 5 heteroatoms. The van der Waals surface area contributed by atoms with Crippen molar-refractivity contribution in [3.63, 3.8) is 0 Å². The molecule has 4 nitrogen and oxygen atoms in total. The molecule has 8 aromatic rings. The Balaban J connectivity index is 1.34. The molecule has 0 unspecified atom stereocenters. The van der Waals surface area contributed by atoms with Crippen LogP contribution < -0.4 is 0 Å². The van der Waals surface area contributed by atoms with Gasteiger partial charge in [-0.25, -0.2) is 15.0 Å². The molecule has 2 heterocycles. The van der Waals surface area contributed by atoms with E-state index in [0.717, 1.165) is 38.4 Å². The summed E-state index contributed by atoms with van der Waals surface area (Å²) in [5.41, 5.74) is 9.05. The summed E-state index contributed by atoms with van der Waals surface area (Å²) in [7, 11) is 0. The second-order valence-electron chi connectivity index (χ2n) is 10.5. The number of fused-ring (bicyclic) bond motifs is 6. The molecular formula is C37H20ClN3O. The molecule has 0 radical (unpaired) electrons. The van der Waals surface area contributed by atoms with E-state index in [9.17, 15) is 0 Å². The van der Waals surface area contributed by atoms with Crippen molar-refractivity contribution in [2.75, 3.05) is 0 Å². The van der Waals surface area contributed by atoms with Gasteiger partial charge in [-0.1, -0.05) is 103 Å². The Morgan fingerprint density at radius 2 is 1.17 bits per heavy atom. The van der Waals surface area contributed by atoms with E-state index >= 15 is 0 Å². The molecule has 0 saturated heterocycles. The summed E-state index contributed by atoms with van der Waals surface area (Å²) in [6, 6.07) is 41.3. The Morgan fingerprint density at radius 1 is 0.476 bits per heavy atom. The normalized spacial score (nSPS) is 11.9. The predicted molar refractivity (Wildman–Crippen MR) is 170 cm³/mol. The SMILES string of the molecule is Clc1ccc(-c2nc(-c3ccccc3)nc(-c3cc4c5c(cccc5c3)-c3ccccc3-4)n2)c2c1oc1ccccc12. The van der Waals surface area contributed by atoms with Gasteiger partial charge in [-0.15, -0.1) is 0 Å². The van der Waals surface area contributed by atoms with Crippen molar-refractivity contribution in [1.82, 2.24) is 15.0 Å². The van der Waals surface area contributed by atoms with E-state index in [-0.39, 0.29) is 0 Å². The average Bonchev–Trinajstić information content (AvgIpc) is 3.60. The predicted octanol–water partition coefficient (Wildman–Crippen LogP) is 10.2. The molecule has 0 aliphatic heterocycles. The van der Waals surface area contributed by atoms with E-state index < -0.39 is 0 Å². The van der Waals surface area contributed by atoms with Gasteiger partial charge >= 0.3 is 0 Å². The van der Waals surface area contributed by atoms with Crippen LogP contribution in [-0.4, -0.2) is 15.0 Å². The Bertz CT molecular complexity index is 2380. The Kier molecular flexibility index (Phi) is 4.92. The van der Waals surface area contributed by atoms with Gasteiger partial charge in [0.05, 0.1) is 5.02 Å². The van der Waals surface area contributed by atoms with Crippen LogP contribution in [0, 0.1) is 0 Å². The number of aromatic nitrogens is 3. The zero-order valence-electron chi connectivity index (χ0n) is 22.2. The maximum absolute atomic E-state index is 6.63. The van der Waals surface area contributed by atoms with Crippen molar-refractivity contribution in [2.24, 2.45) is 0 Å². The number of hydrogen-bond donors (Lipinski definition) is 0. The fourth-order valence-corrected chi connectivity index (χ4v) is 6.47. The molecule has 0 fully saturated rings. The minimum absolute atomic E-state index is 0.551. The largest absolute Gasteiger partial charge is 0.454 e. The molecule has 1 aliphatic carbocycles. The number of nitrogens with zero attached hydrogens (tertiary/aromatic N) is 3. The third-order valence-corrected chi connectivity index (χ3v) is 8.43. The van der Waals surface area contributed by atoms with Gasteiger partial charge in [0.1, 0.15) is 5.58 Å². The van der Waals surface area contributed by atoms with Crippen LogP contribution in [0.5, 0.6) is 0 Å². The zero-order chi connectivity index (χ0) is 27.8. The van der Waals surface area contributed by atoms with E-state index in [1.165, 1.54) is 27.6 Å². The highest BCUT2D eigenvalue weighted by Gasteiger charge is 2.24.